The van der Waals surface area contributed by atoms with Crippen LogP contribution in [0.2, 0.25) is 0 Å². The first kappa shape index (κ1) is 22.7. The van der Waals surface area contributed by atoms with Gasteiger partial charge in [-0.3, -0.25) is 24.6 Å². The van der Waals surface area contributed by atoms with Crippen molar-refractivity contribution in [2.45, 2.75) is 44.6 Å². The first-order valence-corrected chi connectivity index (χ1v) is 12.0. The van der Waals surface area contributed by atoms with E-state index in [1.807, 2.05) is 24.3 Å². The molecule has 0 spiro atoms. The zero-order valence-corrected chi connectivity index (χ0v) is 19.3. The average molecular weight is 462 g/mol. The molecule has 3 heterocycles. The number of hydrogen-bond donors (Lipinski definition) is 3. The quantitative estimate of drug-likeness (QED) is 0.533. The molecule has 3 amide bonds. The molecule has 0 bridgehead atoms. The number of piperidine rings is 1. The van der Waals surface area contributed by atoms with E-state index in [1.54, 1.807) is 4.90 Å². The maximum absolute atomic E-state index is 13.3. The molecule has 178 valence electrons. The number of piperazine rings is 1. The standard InChI is InChI=1S/C26H31N5O3/c32-23-10-9-22(25(33)29-23)31-17-20-8-4-7-19(24(20)26(31)34)13-28-15-21-14-27-11-12-30(21)16-18-5-2-1-3-6-18/h1-8,21-22,27-28H,9-17H2,(H,29,32,33). The normalized spacial score (nSPS) is 23.2. The highest BCUT2D eigenvalue weighted by Gasteiger charge is 2.39. The number of carbonyl (C=O) groups is 3. The Balaban J connectivity index is 1.22. The fourth-order valence-corrected chi connectivity index (χ4v) is 5.24. The van der Waals surface area contributed by atoms with Crippen LogP contribution in [0.5, 0.6) is 0 Å². The van der Waals surface area contributed by atoms with E-state index in [0.29, 0.717) is 31.1 Å². The van der Waals surface area contributed by atoms with E-state index in [0.717, 1.165) is 43.9 Å². The molecule has 2 saturated heterocycles. The highest BCUT2D eigenvalue weighted by molar-refractivity contribution is 6.05. The summed E-state index contributed by atoms with van der Waals surface area (Å²) in [5, 5.41) is 9.43. The molecule has 0 aliphatic carbocycles. The lowest BCUT2D eigenvalue weighted by Crippen LogP contribution is -2.54. The maximum Gasteiger partial charge on any atom is 0.255 e. The predicted octanol–water partition coefficient (Wildman–Crippen LogP) is 1.01. The van der Waals surface area contributed by atoms with Crippen LogP contribution in [0.1, 0.15) is 39.9 Å². The van der Waals surface area contributed by atoms with Gasteiger partial charge < -0.3 is 15.5 Å². The second-order valence-corrected chi connectivity index (χ2v) is 9.30. The van der Waals surface area contributed by atoms with Crippen LogP contribution in [-0.4, -0.2) is 65.8 Å². The van der Waals surface area contributed by atoms with Crippen LogP contribution in [-0.2, 0) is 29.2 Å². The van der Waals surface area contributed by atoms with E-state index >= 15 is 0 Å². The summed E-state index contributed by atoms with van der Waals surface area (Å²) in [7, 11) is 0. The molecule has 5 rings (SSSR count). The largest absolute Gasteiger partial charge is 0.322 e. The molecule has 34 heavy (non-hydrogen) atoms. The number of fused-ring (bicyclic) bond motifs is 1. The third-order valence-corrected chi connectivity index (χ3v) is 7.03. The second kappa shape index (κ2) is 10.0. The molecule has 2 fully saturated rings. The van der Waals surface area contributed by atoms with Crippen LogP contribution in [0.4, 0.5) is 0 Å². The van der Waals surface area contributed by atoms with Gasteiger partial charge in [0.25, 0.3) is 5.91 Å². The lowest BCUT2D eigenvalue weighted by Gasteiger charge is -2.36. The first-order chi connectivity index (χ1) is 16.6. The summed E-state index contributed by atoms with van der Waals surface area (Å²) >= 11 is 0. The van der Waals surface area contributed by atoms with Crippen molar-refractivity contribution < 1.29 is 14.4 Å². The zero-order chi connectivity index (χ0) is 23.5. The molecule has 0 radical (unpaired) electrons. The van der Waals surface area contributed by atoms with Crippen LogP contribution >= 0.6 is 0 Å². The Labute approximate surface area is 199 Å². The molecular weight excluding hydrogens is 430 g/mol. The second-order valence-electron chi connectivity index (χ2n) is 9.30. The Morgan fingerprint density at radius 2 is 1.88 bits per heavy atom. The van der Waals surface area contributed by atoms with Gasteiger partial charge in [0.2, 0.25) is 11.8 Å². The fraction of sp³-hybridized carbons (Fsp3) is 0.423. The van der Waals surface area contributed by atoms with E-state index in [-0.39, 0.29) is 24.1 Å². The van der Waals surface area contributed by atoms with Crippen molar-refractivity contribution in [3.05, 3.63) is 70.8 Å². The van der Waals surface area contributed by atoms with Gasteiger partial charge in [-0.1, -0.05) is 48.5 Å². The minimum absolute atomic E-state index is 0.119. The molecule has 3 aliphatic heterocycles. The number of hydrogen-bond acceptors (Lipinski definition) is 6. The summed E-state index contributed by atoms with van der Waals surface area (Å²) in [5.41, 5.74) is 3.91. The van der Waals surface area contributed by atoms with Crippen molar-refractivity contribution in [2.75, 3.05) is 26.2 Å². The maximum atomic E-state index is 13.3. The van der Waals surface area contributed by atoms with Crippen molar-refractivity contribution in [1.82, 2.24) is 25.8 Å². The van der Waals surface area contributed by atoms with Crippen molar-refractivity contribution in [2.24, 2.45) is 0 Å². The number of imide groups is 1. The van der Waals surface area contributed by atoms with E-state index in [1.165, 1.54) is 5.56 Å². The van der Waals surface area contributed by atoms with Crippen LogP contribution in [0.25, 0.3) is 0 Å². The van der Waals surface area contributed by atoms with Crippen molar-refractivity contribution in [3.63, 3.8) is 0 Å². The van der Waals surface area contributed by atoms with Gasteiger partial charge in [0, 0.05) is 63.8 Å². The highest BCUT2D eigenvalue weighted by atomic mass is 16.2. The summed E-state index contributed by atoms with van der Waals surface area (Å²) in [4.78, 5) is 41.2. The monoisotopic (exact) mass is 461 g/mol. The number of rotatable bonds is 7. The third-order valence-electron chi connectivity index (χ3n) is 7.03. The van der Waals surface area contributed by atoms with Gasteiger partial charge in [0.15, 0.2) is 0 Å². The molecule has 2 unspecified atom stereocenters. The predicted molar refractivity (Wildman–Crippen MR) is 128 cm³/mol. The van der Waals surface area contributed by atoms with Gasteiger partial charge in [-0.25, -0.2) is 0 Å². The van der Waals surface area contributed by atoms with Gasteiger partial charge in [-0.2, -0.15) is 0 Å². The smallest absolute Gasteiger partial charge is 0.255 e. The van der Waals surface area contributed by atoms with E-state index in [9.17, 15) is 14.4 Å². The number of amides is 3. The van der Waals surface area contributed by atoms with Crippen molar-refractivity contribution in [3.8, 4) is 0 Å². The summed E-state index contributed by atoms with van der Waals surface area (Å²) in [6.07, 6.45) is 0.643. The molecule has 8 heteroatoms. The van der Waals surface area contributed by atoms with Crippen LogP contribution in [0, 0.1) is 0 Å². The summed E-state index contributed by atoms with van der Waals surface area (Å²) in [6.45, 7) is 5.65. The van der Waals surface area contributed by atoms with Gasteiger partial charge in [0.05, 0.1) is 0 Å². The Morgan fingerprint density at radius 3 is 2.71 bits per heavy atom. The zero-order valence-electron chi connectivity index (χ0n) is 19.3. The SMILES string of the molecule is O=C1CCC(N2Cc3cccc(CNCC4CNCCN4Cc4ccccc4)c3C2=O)C(=O)N1. The summed E-state index contributed by atoms with van der Waals surface area (Å²) in [6, 6.07) is 16.2. The van der Waals surface area contributed by atoms with Gasteiger partial charge >= 0.3 is 0 Å². The molecule has 3 N–H and O–H groups in total. The van der Waals surface area contributed by atoms with Gasteiger partial charge in [-0.05, 0) is 23.1 Å². The molecule has 0 saturated carbocycles. The van der Waals surface area contributed by atoms with Crippen molar-refractivity contribution >= 4 is 17.7 Å². The van der Waals surface area contributed by atoms with Gasteiger partial charge in [0.1, 0.15) is 6.04 Å². The summed E-state index contributed by atoms with van der Waals surface area (Å²) in [5.74, 6) is -0.763. The van der Waals surface area contributed by atoms with Crippen molar-refractivity contribution in [1.29, 1.82) is 0 Å². The number of carbonyl (C=O) groups excluding carboxylic acids is 3. The Bertz CT molecular complexity index is 1070. The first-order valence-electron chi connectivity index (χ1n) is 12.0. The number of nitrogens with one attached hydrogen (secondary N) is 3. The average Bonchev–Trinajstić information content (AvgIpc) is 3.18. The fourth-order valence-electron chi connectivity index (χ4n) is 5.24. The minimum atomic E-state index is -0.585. The lowest BCUT2D eigenvalue weighted by molar-refractivity contribution is -0.136. The molecule has 3 aliphatic rings. The van der Waals surface area contributed by atoms with Crippen LogP contribution in [0.3, 0.4) is 0 Å². The Kier molecular flexibility index (Phi) is 6.71. The molecule has 2 atom stereocenters. The molecule has 0 aromatic heterocycles. The molecular formula is C26H31N5O3. The highest BCUT2D eigenvalue weighted by Crippen LogP contribution is 2.29. The number of nitrogens with zero attached hydrogens (tertiary/aromatic N) is 2. The van der Waals surface area contributed by atoms with E-state index in [2.05, 4.69) is 45.1 Å². The third kappa shape index (κ3) is 4.75. The Morgan fingerprint density at radius 1 is 1.03 bits per heavy atom. The number of benzene rings is 2. The van der Waals surface area contributed by atoms with Crippen LogP contribution < -0.4 is 16.0 Å². The molecule has 8 nitrogen and oxygen atoms in total. The Hall–Kier alpha value is -3.07. The van der Waals surface area contributed by atoms with E-state index < -0.39 is 6.04 Å². The molecule has 2 aromatic rings. The topological polar surface area (TPSA) is 93.8 Å². The minimum Gasteiger partial charge on any atom is -0.322 e. The summed E-state index contributed by atoms with van der Waals surface area (Å²) < 4.78 is 0. The molecule has 2 aromatic carbocycles. The lowest BCUT2D eigenvalue weighted by atomic mass is 10.0. The van der Waals surface area contributed by atoms with Gasteiger partial charge in [-0.15, -0.1) is 0 Å². The van der Waals surface area contributed by atoms with E-state index in [4.69, 9.17) is 0 Å². The van der Waals surface area contributed by atoms with Crippen LogP contribution in [0.15, 0.2) is 48.5 Å².